The number of aryl methyl sites for hydroxylation is 1. The maximum absolute atomic E-state index is 13.8. The summed E-state index contributed by atoms with van der Waals surface area (Å²) in [5.74, 6) is -4.26. The molecule has 0 saturated carbocycles. The molecular formula is C43H55N5O11S. The highest BCUT2D eigenvalue weighted by atomic mass is 32.1. The topological polar surface area (TPSA) is 222 Å². The quantitative estimate of drug-likeness (QED) is 0.0617. The van der Waals surface area contributed by atoms with Gasteiger partial charge in [0.25, 0.3) is 0 Å². The molecule has 0 aliphatic carbocycles. The van der Waals surface area contributed by atoms with Crippen molar-refractivity contribution in [2.24, 2.45) is 17.0 Å². The van der Waals surface area contributed by atoms with Gasteiger partial charge in [-0.25, -0.2) is 9.78 Å². The van der Waals surface area contributed by atoms with Crippen LogP contribution in [0.25, 0.3) is 0 Å². The smallest absolute Gasteiger partial charge is 0.353 e. The summed E-state index contributed by atoms with van der Waals surface area (Å²) in [4.78, 5) is 103. The third-order valence-corrected chi connectivity index (χ3v) is 9.76. The lowest BCUT2D eigenvalue weighted by atomic mass is 9.84. The first-order valence-electron chi connectivity index (χ1n) is 19.7. The van der Waals surface area contributed by atoms with E-state index in [2.05, 4.69) is 25.8 Å². The van der Waals surface area contributed by atoms with E-state index in [9.17, 15) is 33.6 Å². The van der Waals surface area contributed by atoms with Gasteiger partial charge in [-0.1, -0.05) is 42.4 Å². The number of esters is 2. The van der Waals surface area contributed by atoms with Crippen molar-refractivity contribution in [3.63, 3.8) is 0 Å². The summed E-state index contributed by atoms with van der Waals surface area (Å²) in [7, 11) is 0. The van der Waals surface area contributed by atoms with E-state index in [-0.39, 0.29) is 73.6 Å². The largest absolute Gasteiger partial charge is 0.483 e. The van der Waals surface area contributed by atoms with Crippen LogP contribution in [-0.4, -0.2) is 80.4 Å². The number of nitrogens with one attached hydrogen (secondary N) is 3. The minimum Gasteiger partial charge on any atom is -0.483 e. The van der Waals surface area contributed by atoms with Crippen LogP contribution in [0, 0.1) is 11.8 Å². The van der Waals surface area contributed by atoms with Gasteiger partial charge in [0, 0.05) is 55.1 Å². The molecular weight excluding hydrogens is 795 g/mol. The molecule has 17 heteroatoms. The van der Waals surface area contributed by atoms with E-state index in [0.29, 0.717) is 10.7 Å². The Morgan fingerprint density at radius 1 is 0.967 bits per heavy atom. The number of pyridine rings is 1. The molecule has 0 spiro atoms. The van der Waals surface area contributed by atoms with Crippen LogP contribution in [0.15, 0.2) is 57.9 Å². The zero-order valence-electron chi connectivity index (χ0n) is 35.6. The fourth-order valence-electron chi connectivity index (χ4n) is 5.73. The minimum atomic E-state index is -1.62. The second kappa shape index (κ2) is 20.0. The lowest BCUT2D eigenvalue weighted by Gasteiger charge is -2.36. The zero-order chi connectivity index (χ0) is 44.4. The van der Waals surface area contributed by atoms with Gasteiger partial charge in [-0.2, -0.15) is 0 Å². The van der Waals surface area contributed by atoms with Gasteiger partial charge in [0.1, 0.15) is 34.3 Å². The Kier molecular flexibility index (Phi) is 15.7. The van der Waals surface area contributed by atoms with Crippen molar-refractivity contribution < 1.29 is 47.8 Å². The van der Waals surface area contributed by atoms with Gasteiger partial charge in [0.05, 0.1) is 18.4 Å². The van der Waals surface area contributed by atoms with E-state index in [1.165, 1.54) is 31.5 Å². The number of hydrogen-bond acceptors (Lipinski definition) is 14. The molecule has 3 aromatic rings. The van der Waals surface area contributed by atoms with Gasteiger partial charge >= 0.3 is 11.9 Å². The highest BCUT2D eigenvalue weighted by molar-refractivity contribution is 7.10. The molecule has 4 rings (SSSR count). The molecule has 2 amide bonds. The van der Waals surface area contributed by atoms with E-state index < -0.39 is 64.2 Å². The number of thiazole rings is 1. The van der Waals surface area contributed by atoms with Crippen LogP contribution in [0.1, 0.15) is 104 Å². The molecule has 16 nitrogen and oxygen atoms in total. The number of aromatic amines is 1. The molecule has 3 heterocycles. The van der Waals surface area contributed by atoms with Crippen LogP contribution in [0.5, 0.6) is 5.75 Å². The fraction of sp³-hybridized carbons (Fsp3) is 0.512. The van der Waals surface area contributed by atoms with Crippen molar-refractivity contribution in [2.45, 2.75) is 124 Å². The second-order valence-electron chi connectivity index (χ2n) is 17.1. The SMILES string of the molecule is C[C@H](CC(=O)CCc1cc(=O)c(OCc2ccccc2)c[nH]1)C(=O)NC[C@H]1NC(=O)[C@H]1CC(=O)/C(=N\OC(C)(C)C(=O)OC(C)(C)C)c1csc(CC(=O)OC(C)(C)C)n1. The van der Waals surface area contributed by atoms with E-state index in [0.717, 1.165) is 16.9 Å². The van der Waals surface area contributed by atoms with Gasteiger partial charge in [-0.3, -0.25) is 28.8 Å². The first-order chi connectivity index (χ1) is 28.0. The molecule has 1 saturated heterocycles. The standard InChI is InChI=1S/C43H55N5O11S/c1-25(17-28(49)16-15-27-18-32(50)34(22-44-27)56-23-26-13-11-10-12-14-26)38(53)45-21-30-29(39(54)47-30)19-33(51)37(48-59-43(8,9)40(55)58-42(5,6)7)31-24-60-35(46-31)20-36(52)57-41(2,3)4/h10-14,18,22,24-25,29-30H,15-17,19-21,23H2,1-9H3,(H,44,50)(H,45,53)(H,47,54)/b48-37-/t25-,29+,30-/m1/s1. The molecule has 324 valence electrons. The number of amides is 2. The minimum absolute atomic E-state index is 0.00757. The number of rotatable bonds is 20. The second-order valence-corrected chi connectivity index (χ2v) is 18.1. The Hall–Kier alpha value is -5.71. The van der Waals surface area contributed by atoms with Crippen LogP contribution < -0.4 is 20.8 Å². The number of nitrogens with zero attached hydrogens (tertiary/aromatic N) is 2. The number of ketones is 2. The Morgan fingerprint density at radius 2 is 1.65 bits per heavy atom. The molecule has 1 fully saturated rings. The Labute approximate surface area is 353 Å². The molecule has 0 unspecified atom stereocenters. The Balaban J connectivity index is 1.33. The number of Topliss-reactive ketones (excluding diaryl/α,β-unsaturated/α-hetero) is 2. The van der Waals surface area contributed by atoms with E-state index in [4.69, 9.17) is 19.0 Å². The molecule has 3 N–H and O–H groups in total. The highest BCUT2D eigenvalue weighted by Gasteiger charge is 2.42. The molecule has 3 atom stereocenters. The third-order valence-electron chi connectivity index (χ3n) is 8.91. The molecule has 1 aliphatic rings. The van der Waals surface area contributed by atoms with E-state index >= 15 is 0 Å². The molecule has 0 radical (unpaired) electrons. The molecule has 60 heavy (non-hydrogen) atoms. The molecule has 1 aromatic carbocycles. The number of aromatic nitrogens is 2. The predicted octanol–water partition coefficient (Wildman–Crippen LogP) is 4.55. The van der Waals surface area contributed by atoms with Crippen molar-refractivity contribution in [2.75, 3.05) is 6.54 Å². The maximum Gasteiger partial charge on any atom is 0.353 e. The number of hydrogen-bond donors (Lipinski definition) is 3. The molecule has 2 aromatic heterocycles. The lowest BCUT2D eigenvalue weighted by molar-refractivity contribution is -0.179. The van der Waals surface area contributed by atoms with Crippen LogP contribution in [0.4, 0.5) is 0 Å². The van der Waals surface area contributed by atoms with Crippen molar-refractivity contribution in [3.05, 3.63) is 80.2 Å². The summed E-state index contributed by atoms with van der Waals surface area (Å²) in [6, 6.07) is 10.2. The zero-order valence-corrected chi connectivity index (χ0v) is 36.4. The highest BCUT2D eigenvalue weighted by Crippen LogP contribution is 2.24. The summed E-state index contributed by atoms with van der Waals surface area (Å²) in [6.45, 7) is 15.0. The summed E-state index contributed by atoms with van der Waals surface area (Å²) >= 11 is 1.10. The number of ether oxygens (including phenoxy) is 3. The van der Waals surface area contributed by atoms with Gasteiger partial charge in [0.2, 0.25) is 22.8 Å². The first kappa shape index (κ1) is 47.0. The first-order valence-corrected chi connectivity index (χ1v) is 20.5. The van der Waals surface area contributed by atoms with E-state index in [1.54, 1.807) is 48.5 Å². The lowest BCUT2D eigenvalue weighted by Crippen LogP contribution is -2.63. The van der Waals surface area contributed by atoms with Crippen molar-refractivity contribution in [1.82, 2.24) is 20.6 Å². The number of oxime groups is 1. The Morgan fingerprint density at radius 3 is 2.28 bits per heavy atom. The van der Waals surface area contributed by atoms with Crippen LogP contribution in [0.2, 0.25) is 0 Å². The molecule has 1 aliphatic heterocycles. The van der Waals surface area contributed by atoms with Gasteiger partial charge < -0.3 is 34.7 Å². The number of carbonyl (C=O) groups is 6. The van der Waals surface area contributed by atoms with Crippen LogP contribution >= 0.6 is 11.3 Å². The Bertz CT molecular complexity index is 2130. The van der Waals surface area contributed by atoms with Gasteiger partial charge in [-0.05, 0) is 67.4 Å². The molecule has 0 bridgehead atoms. The normalized spacial score (nSPS) is 16.1. The number of H-pyrrole nitrogens is 1. The predicted molar refractivity (Wildman–Crippen MR) is 222 cm³/mol. The van der Waals surface area contributed by atoms with Crippen LogP contribution in [-0.2, 0) is 62.5 Å². The number of β-lactam (4-membered cyclic amide) rings is 1. The average molecular weight is 850 g/mol. The summed E-state index contributed by atoms with van der Waals surface area (Å²) in [5, 5.41) is 11.4. The van der Waals surface area contributed by atoms with Crippen molar-refractivity contribution in [3.8, 4) is 5.75 Å². The number of benzene rings is 1. The average Bonchev–Trinajstić information content (AvgIpc) is 3.60. The van der Waals surface area contributed by atoms with E-state index in [1.807, 2.05) is 30.3 Å². The fourth-order valence-corrected chi connectivity index (χ4v) is 6.49. The monoisotopic (exact) mass is 849 g/mol. The summed E-state index contributed by atoms with van der Waals surface area (Å²) in [5.41, 5.74) is -2.19. The van der Waals surface area contributed by atoms with Crippen LogP contribution in [0.3, 0.4) is 0 Å². The van der Waals surface area contributed by atoms with Gasteiger partial charge in [-0.15, -0.1) is 11.3 Å². The summed E-state index contributed by atoms with van der Waals surface area (Å²) < 4.78 is 16.5. The number of carbonyl (C=O) groups excluding carboxylic acids is 6. The maximum atomic E-state index is 13.8. The summed E-state index contributed by atoms with van der Waals surface area (Å²) in [6.07, 6.45) is 1.30. The van der Waals surface area contributed by atoms with Gasteiger partial charge in [0.15, 0.2) is 17.2 Å². The van der Waals surface area contributed by atoms with Crippen molar-refractivity contribution in [1.29, 1.82) is 0 Å². The van der Waals surface area contributed by atoms with Crippen molar-refractivity contribution >= 4 is 52.4 Å². The third kappa shape index (κ3) is 14.5.